The molecule has 0 radical (unpaired) electrons. The molecule has 0 aliphatic rings. The van der Waals surface area contributed by atoms with E-state index in [1.807, 2.05) is 24.3 Å². The molecule has 0 saturated heterocycles. The fourth-order valence-corrected chi connectivity index (χ4v) is 0.867. The number of hydrogen-bond donors (Lipinski definition) is 0. The first-order chi connectivity index (χ1) is 7.43. The van der Waals surface area contributed by atoms with Gasteiger partial charge in [0.15, 0.2) is 0 Å². The van der Waals surface area contributed by atoms with Crippen LogP contribution in [0.4, 0.5) is 0 Å². The molecule has 0 aliphatic heterocycles. The van der Waals surface area contributed by atoms with E-state index in [-0.39, 0.29) is 0 Å². The van der Waals surface area contributed by atoms with E-state index in [1.54, 1.807) is 36.7 Å². The van der Waals surface area contributed by atoms with Gasteiger partial charge in [-0.05, 0) is 24.3 Å². The van der Waals surface area contributed by atoms with E-state index in [0.717, 1.165) is 0 Å². The highest BCUT2D eigenvalue weighted by Crippen LogP contribution is 2.05. The van der Waals surface area contributed by atoms with Gasteiger partial charge in [0.1, 0.15) is 5.75 Å². The van der Waals surface area contributed by atoms with Crippen LogP contribution in [0.25, 0.3) is 0 Å². The number of carbonyl (C=O) groups is 1. The lowest BCUT2D eigenvalue weighted by atomic mass is 10.3. The van der Waals surface area contributed by atoms with Crippen molar-refractivity contribution < 1.29 is 9.53 Å². The third kappa shape index (κ3) is 5.21. The van der Waals surface area contributed by atoms with Crippen molar-refractivity contribution in [3.63, 3.8) is 0 Å². The predicted molar refractivity (Wildman–Crippen MR) is 57.4 cm³/mol. The van der Waals surface area contributed by atoms with Crippen LogP contribution < -0.4 is 4.74 Å². The van der Waals surface area contributed by atoms with Crippen LogP contribution in [0.2, 0.25) is 0 Å². The van der Waals surface area contributed by atoms with Gasteiger partial charge in [-0.15, -0.1) is 0 Å². The Balaban J connectivity index is 0.000000162. The molecule has 0 saturated carbocycles. The van der Waals surface area contributed by atoms with Gasteiger partial charge in [-0.1, -0.05) is 24.3 Å². The fraction of sp³-hybridized carbons (Fsp3) is 0. The summed E-state index contributed by atoms with van der Waals surface area (Å²) in [4.78, 5) is 13.5. The summed E-state index contributed by atoms with van der Waals surface area (Å²) in [5.41, 5.74) is 0. The predicted octanol–water partition coefficient (Wildman–Crippen LogP) is 2.30. The highest BCUT2D eigenvalue weighted by atomic mass is 16.5. The summed E-state index contributed by atoms with van der Waals surface area (Å²) in [6.07, 6.45) is 3.50. The Morgan fingerprint density at radius 1 is 0.933 bits per heavy atom. The zero-order valence-electron chi connectivity index (χ0n) is 8.11. The quantitative estimate of drug-likeness (QED) is 0.700. The van der Waals surface area contributed by atoms with Gasteiger partial charge in [0.25, 0.3) is 6.47 Å². The Bertz CT molecular complexity index is 335. The van der Waals surface area contributed by atoms with Crippen LogP contribution in [0.1, 0.15) is 0 Å². The summed E-state index contributed by atoms with van der Waals surface area (Å²) in [5.74, 6) is 0.576. The van der Waals surface area contributed by atoms with Gasteiger partial charge in [0.2, 0.25) is 0 Å². The number of ether oxygens (including phenoxy) is 1. The minimum atomic E-state index is 0.412. The van der Waals surface area contributed by atoms with Gasteiger partial charge in [-0.25, -0.2) is 0 Å². The van der Waals surface area contributed by atoms with Crippen molar-refractivity contribution in [1.82, 2.24) is 4.98 Å². The zero-order valence-corrected chi connectivity index (χ0v) is 8.11. The molecule has 0 amide bonds. The largest absolute Gasteiger partial charge is 0.429 e. The minimum absolute atomic E-state index is 0.412. The number of para-hydroxylation sites is 1. The van der Waals surface area contributed by atoms with Gasteiger partial charge in [0, 0.05) is 12.4 Å². The third-order valence-electron chi connectivity index (χ3n) is 1.49. The maximum Gasteiger partial charge on any atom is 0.298 e. The lowest BCUT2D eigenvalue weighted by molar-refractivity contribution is -0.120. The molecule has 0 N–H and O–H groups in total. The molecule has 0 unspecified atom stereocenters. The number of carbonyl (C=O) groups excluding carboxylic acids is 1. The number of hydrogen-bond acceptors (Lipinski definition) is 3. The molecule has 15 heavy (non-hydrogen) atoms. The summed E-state index contributed by atoms with van der Waals surface area (Å²) < 4.78 is 4.53. The maximum absolute atomic E-state index is 9.75. The summed E-state index contributed by atoms with van der Waals surface area (Å²) in [6, 6.07) is 14.6. The average Bonchev–Trinajstić information content (AvgIpc) is 2.34. The van der Waals surface area contributed by atoms with Crippen molar-refractivity contribution in [2.24, 2.45) is 0 Å². The van der Waals surface area contributed by atoms with E-state index in [1.165, 1.54) is 0 Å². The molecule has 0 fully saturated rings. The molecule has 1 aromatic heterocycles. The van der Waals surface area contributed by atoms with E-state index in [0.29, 0.717) is 12.2 Å². The van der Waals surface area contributed by atoms with Crippen LogP contribution in [-0.2, 0) is 4.79 Å². The van der Waals surface area contributed by atoms with Crippen LogP contribution in [0.5, 0.6) is 5.75 Å². The van der Waals surface area contributed by atoms with Crippen molar-refractivity contribution in [2.75, 3.05) is 0 Å². The maximum atomic E-state index is 9.75. The second-order valence-corrected chi connectivity index (χ2v) is 2.55. The number of benzene rings is 1. The van der Waals surface area contributed by atoms with Crippen LogP contribution in [0.15, 0.2) is 60.9 Å². The highest BCUT2D eigenvalue weighted by molar-refractivity contribution is 5.44. The lowest BCUT2D eigenvalue weighted by Crippen LogP contribution is -1.85. The van der Waals surface area contributed by atoms with Crippen LogP contribution in [0, 0.1) is 0 Å². The molecule has 0 spiro atoms. The second-order valence-electron chi connectivity index (χ2n) is 2.55. The Morgan fingerprint density at radius 3 is 1.93 bits per heavy atom. The zero-order chi connectivity index (χ0) is 10.8. The minimum Gasteiger partial charge on any atom is -0.429 e. The lowest BCUT2D eigenvalue weighted by Gasteiger charge is -1.92. The van der Waals surface area contributed by atoms with E-state index in [2.05, 4.69) is 9.72 Å². The molecule has 0 bridgehead atoms. The van der Waals surface area contributed by atoms with Crippen molar-refractivity contribution in [1.29, 1.82) is 0 Å². The molecule has 2 aromatic rings. The van der Waals surface area contributed by atoms with Gasteiger partial charge >= 0.3 is 0 Å². The fourth-order valence-electron chi connectivity index (χ4n) is 0.867. The monoisotopic (exact) mass is 201 g/mol. The van der Waals surface area contributed by atoms with Crippen LogP contribution in [0.3, 0.4) is 0 Å². The van der Waals surface area contributed by atoms with Crippen molar-refractivity contribution >= 4 is 6.47 Å². The van der Waals surface area contributed by atoms with Crippen LogP contribution >= 0.6 is 0 Å². The molecule has 2 rings (SSSR count). The molecule has 1 aromatic carbocycles. The molecule has 76 valence electrons. The summed E-state index contributed by atoms with van der Waals surface area (Å²) in [6.45, 7) is 0.412. The first-order valence-electron chi connectivity index (χ1n) is 4.44. The van der Waals surface area contributed by atoms with Gasteiger partial charge in [0.05, 0.1) is 0 Å². The van der Waals surface area contributed by atoms with Gasteiger partial charge in [-0.2, -0.15) is 0 Å². The summed E-state index contributed by atoms with van der Waals surface area (Å²) in [7, 11) is 0. The Hall–Kier alpha value is -2.16. The van der Waals surface area contributed by atoms with E-state index in [9.17, 15) is 4.79 Å². The van der Waals surface area contributed by atoms with E-state index < -0.39 is 0 Å². The van der Waals surface area contributed by atoms with Gasteiger partial charge < -0.3 is 4.74 Å². The van der Waals surface area contributed by atoms with Gasteiger partial charge in [-0.3, -0.25) is 9.78 Å². The molecular formula is C12H11NO2. The van der Waals surface area contributed by atoms with Crippen molar-refractivity contribution in [3.8, 4) is 5.75 Å². The van der Waals surface area contributed by atoms with Crippen molar-refractivity contribution in [2.45, 2.75) is 0 Å². The SMILES string of the molecule is O=COc1ccccc1.c1ccncc1. The molecule has 0 atom stereocenters. The Kier molecular flexibility index (Phi) is 5.29. The second kappa shape index (κ2) is 7.26. The number of nitrogens with zero attached hydrogens (tertiary/aromatic N) is 1. The molecule has 1 heterocycles. The number of pyridine rings is 1. The number of aromatic nitrogens is 1. The Morgan fingerprint density at radius 2 is 1.53 bits per heavy atom. The molecule has 3 nitrogen and oxygen atoms in total. The standard InChI is InChI=1S/C7H6O2.C5H5N/c8-6-9-7-4-2-1-3-5-7;1-2-4-6-5-3-1/h1-6H;1-5H. The first-order valence-corrected chi connectivity index (χ1v) is 4.44. The highest BCUT2D eigenvalue weighted by Gasteiger charge is 1.84. The molecular weight excluding hydrogens is 190 g/mol. The summed E-state index contributed by atoms with van der Waals surface area (Å²) >= 11 is 0. The average molecular weight is 201 g/mol. The normalized spacial score (nSPS) is 8.27. The smallest absolute Gasteiger partial charge is 0.298 e. The van der Waals surface area contributed by atoms with E-state index in [4.69, 9.17) is 0 Å². The van der Waals surface area contributed by atoms with Crippen LogP contribution in [-0.4, -0.2) is 11.5 Å². The topological polar surface area (TPSA) is 39.2 Å². The Labute approximate surface area is 88.4 Å². The number of rotatable bonds is 2. The molecule has 0 aliphatic carbocycles. The molecule has 3 heteroatoms. The van der Waals surface area contributed by atoms with E-state index >= 15 is 0 Å². The third-order valence-corrected chi connectivity index (χ3v) is 1.49. The summed E-state index contributed by atoms with van der Waals surface area (Å²) in [5, 5.41) is 0. The van der Waals surface area contributed by atoms with Crippen molar-refractivity contribution in [3.05, 3.63) is 60.9 Å². The first kappa shape index (κ1) is 10.9.